The van der Waals surface area contributed by atoms with Crippen LogP contribution in [0.2, 0.25) is 0 Å². The van der Waals surface area contributed by atoms with Gasteiger partial charge in [0, 0.05) is 46.0 Å². The second-order valence-electron chi connectivity index (χ2n) is 7.63. The van der Waals surface area contributed by atoms with Crippen molar-refractivity contribution in [2.75, 3.05) is 19.6 Å². The van der Waals surface area contributed by atoms with Crippen molar-refractivity contribution < 1.29 is 9.59 Å². The van der Waals surface area contributed by atoms with Crippen molar-refractivity contribution in [3.8, 4) is 0 Å². The normalized spacial score (nSPS) is 15.5. The molecule has 27 heavy (non-hydrogen) atoms. The Balaban J connectivity index is 1.82. The predicted octanol–water partition coefficient (Wildman–Crippen LogP) is 4.69. The van der Waals surface area contributed by atoms with Crippen molar-refractivity contribution >= 4 is 33.4 Å². The van der Waals surface area contributed by atoms with Gasteiger partial charge >= 0.3 is 0 Å². The van der Waals surface area contributed by atoms with E-state index in [1.54, 1.807) is 13.8 Å². The van der Waals surface area contributed by atoms with Crippen molar-refractivity contribution in [2.45, 2.75) is 39.7 Å². The maximum atomic E-state index is 11.9. The SMILES string of the molecule is CC(=O)c1ccc2c(c1)c1cc(C(C)=O)ccc1n2CCN1CCCCC1. The maximum absolute atomic E-state index is 11.9. The summed E-state index contributed by atoms with van der Waals surface area (Å²) in [6.45, 7) is 7.50. The molecular weight excluding hydrogens is 336 g/mol. The predicted molar refractivity (Wildman–Crippen MR) is 110 cm³/mol. The Kier molecular flexibility index (Phi) is 4.83. The molecule has 0 radical (unpaired) electrons. The fraction of sp³-hybridized carbons (Fsp3) is 0.391. The van der Waals surface area contributed by atoms with E-state index >= 15 is 0 Å². The molecule has 0 atom stereocenters. The van der Waals surface area contributed by atoms with Crippen LogP contribution >= 0.6 is 0 Å². The molecular formula is C23H26N2O2. The number of carbonyl (C=O) groups is 2. The third-order valence-corrected chi connectivity index (χ3v) is 5.77. The summed E-state index contributed by atoms with van der Waals surface area (Å²) in [5, 5.41) is 2.11. The summed E-state index contributed by atoms with van der Waals surface area (Å²) in [4.78, 5) is 26.3. The maximum Gasteiger partial charge on any atom is 0.159 e. The molecule has 2 heterocycles. The van der Waals surface area contributed by atoms with Crippen LogP contribution in [0.15, 0.2) is 36.4 Å². The number of likely N-dealkylation sites (tertiary alicyclic amines) is 1. The van der Waals surface area contributed by atoms with E-state index in [2.05, 4.69) is 21.6 Å². The van der Waals surface area contributed by atoms with Crippen molar-refractivity contribution in [3.63, 3.8) is 0 Å². The number of nitrogens with zero attached hydrogens (tertiary/aromatic N) is 2. The molecule has 0 amide bonds. The highest BCUT2D eigenvalue weighted by Gasteiger charge is 2.16. The average Bonchev–Trinajstić information content (AvgIpc) is 2.99. The molecule has 0 unspecified atom stereocenters. The van der Waals surface area contributed by atoms with Crippen LogP contribution in [-0.4, -0.2) is 40.7 Å². The lowest BCUT2D eigenvalue weighted by Crippen LogP contribution is -2.32. The van der Waals surface area contributed by atoms with Gasteiger partial charge in [-0.1, -0.05) is 6.42 Å². The van der Waals surface area contributed by atoms with Crippen molar-refractivity contribution in [1.29, 1.82) is 0 Å². The summed E-state index contributed by atoms with van der Waals surface area (Å²) in [6, 6.07) is 11.9. The first-order valence-corrected chi connectivity index (χ1v) is 9.85. The molecule has 1 aliphatic heterocycles. The van der Waals surface area contributed by atoms with E-state index in [9.17, 15) is 9.59 Å². The minimum Gasteiger partial charge on any atom is -0.339 e. The molecule has 1 aliphatic rings. The first-order chi connectivity index (χ1) is 13.0. The quantitative estimate of drug-likeness (QED) is 0.619. The number of rotatable bonds is 5. The smallest absolute Gasteiger partial charge is 0.159 e. The van der Waals surface area contributed by atoms with Crippen LogP contribution in [0.3, 0.4) is 0 Å². The van der Waals surface area contributed by atoms with Crippen LogP contribution in [-0.2, 0) is 6.54 Å². The van der Waals surface area contributed by atoms with Gasteiger partial charge in [-0.3, -0.25) is 9.59 Å². The number of benzene rings is 2. The average molecular weight is 362 g/mol. The number of carbonyl (C=O) groups excluding carboxylic acids is 2. The van der Waals surface area contributed by atoms with Gasteiger partial charge in [-0.25, -0.2) is 0 Å². The van der Waals surface area contributed by atoms with Crippen LogP contribution in [0.4, 0.5) is 0 Å². The molecule has 3 aromatic rings. The van der Waals surface area contributed by atoms with Crippen LogP contribution in [0.1, 0.15) is 53.8 Å². The summed E-state index contributed by atoms with van der Waals surface area (Å²) in [5.74, 6) is 0.127. The number of ketones is 2. The highest BCUT2D eigenvalue weighted by molar-refractivity contribution is 6.12. The third-order valence-electron chi connectivity index (χ3n) is 5.77. The van der Waals surface area contributed by atoms with Gasteiger partial charge in [0.05, 0.1) is 0 Å². The largest absolute Gasteiger partial charge is 0.339 e. The van der Waals surface area contributed by atoms with E-state index in [-0.39, 0.29) is 11.6 Å². The second kappa shape index (κ2) is 7.28. The van der Waals surface area contributed by atoms with Gasteiger partial charge in [-0.2, -0.15) is 0 Å². The lowest BCUT2D eigenvalue weighted by atomic mass is 10.0. The van der Waals surface area contributed by atoms with E-state index in [0.717, 1.165) is 34.9 Å². The molecule has 0 aliphatic carbocycles. The molecule has 4 nitrogen and oxygen atoms in total. The zero-order valence-electron chi connectivity index (χ0n) is 16.1. The van der Waals surface area contributed by atoms with Gasteiger partial charge in [0.2, 0.25) is 0 Å². The number of fused-ring (bicyclic) bond motifs is 3. The van der Waals surface area contributed by atoms with E-state index in [1.807, 2.05) is 24.3 Å². The van der Waals surface area contributed by atoms with Gasteiger partial charge in [0.25, 0.3) is 0 Å². The van der Waals surface area contributed by atoms with Crippen LogP contribution in [0.25, 0.3) is 21.8 Å². The first kappa shape index (κ1) is 17.9. The summed E-state index contributed by atoms with van der Waals surface area (Å²) in [5.41, 5.74) is 3.69. The number of Topliss-reactive ketones (excluding diaryl/α,β-unsaturated/α-hetero) is 2. The molecule has 4 rings (SSSR count). The summed E-state index contributed by atoms with van der Waals surface area (Å²) in [6.07, 6.45) is 3.92. The molecule has 0 bridgehead atoms. The first-order valence-electron chi connectivity index (χ1n) is 9.85. The molecule has 1 fully saturated rings. The van der Waals surface area contributed by atoms with Crippen LogP contribution in [0.5, 0.6) is 0 Å². The number of hydrogen-bond acceptors (Lipinski definition) is 3. The fourth-order valence-electron chi connectivity index (χ4n) is 4.21. The summed E-state index contributed by atoms with van der Waals surface area (Å²) in [7, 11) is 0. The van der Waals surface area contributed by atoms with Crippen molar-refractivity contribution in [1.82, 2.24) is 9.47 Å². The van der Waals surface area contributed by atoms with Gasteiger partial charge in [0.15, 0.2) is 11.6 Å². The number of hydrogen-bond donors (Lipinski definition) is 0. The van der Waals surface area contributed by atoms with Crippen molar-refractivity contribution in [2.24, 2.45) is 0 Å². The lowest BCUT2D eigenvalue weighted by Gasteiger charge is -2.26. The monoisotopic (exact) mass is 362 g/mol. The van der Waals surface area contributed by atoms with E-state index < -0.39 is 0 Å². The number of aromatic nitrogens is 1. The minimum atomic E-state index is 0.0637. The Hall–Kier alpha value is -2.46. The Morgan fingerprint density at radius 1 is 0.778 bits per heavy atom. The van der Waals surface area contributed by atoms with Gasteiger partial charge < -0.3 is 9.47 Å². The zero-order valence-corrected chi connectivity index (χ0v) is 16.1. The van der Waals surface area contributed by atoms with Crippen LogP contribution in [0, 0.1) is 0 Å². The highest BCUT2D eigenvalue weighted by atomic mass is 16.1. The summed E-state index contributed by atoms with van der Waals surface area (Å²) < 4.78 is 2.34. The molecule has 0 N–H and O–H groups in total. The number of piperidine rings is 1. The Bertz CT molecular complexity index is 954. The standard InChI is InChI=1S/C23H26N2O2/c1-16(26)18-6-8-22-20(14-18)21-15-19(17(2)27)7-9-23(21)25(22)13-12-24-10-4-3-5-11-24/h6-9,14-15H,3-5,10-13H2,1-2H3. The Morgan fingerprint density at radius 3 is 1.78 bits per heavy atom. The van der Waals surface area contributed by atoms with E-state index in [4.69, 9.17) is 0 Å². The molecule has 1 aromatic heterocycles. The minimum absolute atomic E-state index is 0.0637. The lowest BCUT2D eigenvalue weighted by molar-refractivity contribution is 0.100. The molecule has 140 valence electrons. The molecule has 0 saturated carbocycles. The van der Waals surface area contributed by atoms with Gasteiger partial charge in [-0.15, -0.1) is 0 Å². The molecule has 0 spiro atoms. The van der Waals surface area contributed by atoms with Crippen LogP contribution < -0.4 is 0 Å². The van der Waals surface area contributed by atoms with Crippen molar-refractivity contribution in [3.05, 3.63) is 47.5 Å². The third kappa shape index (κ3) is 3.42. The topological polar surface area (TPSA) is 42.3 Å². The zero-order chi connectivity index (χ0) is 19.0. The Morgan fingerprint density at radius 2 is 1.30 bits per heavy atom. The second-order valence-corrected chi connectivity index (χ2v) is 7.63. The molecule has 1 saturated heterocycles. The molecule has 2 aromatic carbocycles. The molecule has 4 heteroatoms. The summed E-state index contributed by atoms with van der Waals surface area (Å²) >= 11 is 0. The Labute approximate surface area is 159 Å². The van der Waals surface area contributed by atoms with Gasteiger partial charge in [0.1, 0.15) is 0 Å². The van der Waals surface area contributed by atoms with Gasteiger partial charge in [-0.05, 0) is 76.2 Å². The fourth-order valence-corrected chi connectivity index (χ4v) is 4.21. The van der Waals surface area contributed by atoms with E-state index in [0.29, 0.717) is 11.1 Å². The van der Waals surface area contributed by atoms with E-state index in [1.165, 1.54) is 32.4 Å². The highest BCUT2D eigenvalue weighted by Crippen LogP contribution is 2.31.